The van der Waals surface area contributed by atoms with Gasteiger partial charge in [-0.05, 0) is 35.9 Å². The summed E-state index contributed by atoms with van der Waals surface area (Å²) in [4.78, 5) is 18.5. The van der Waals surface area contributed by atoms with E-state index in [-0.39, 0.29) is 17.7 Å². The minimum absolute atomic E-state index is 0.197. The van der Waals surface area contributed by atoms with E-state index >= 15 is 0 Å². The number of aromatic nitrogens is 1. The van der Waals surface area contributed by atoms with Gasteiger partial charge in [0.15, 0.2) is 0 Å². The quantitative estimate of drug-likeness (QED) is 0.669. The molecule has 7 heteroatoms. The van der Waals surface area contributed by atoms with Crippen LogP contribution in [0.25, 0.3) is 0 Å². The normalized spacial score (nSPS) is 15.7. The SMILES string of the molecule is O=C(c1ccncc1)N1c2ccccc2C1c1ccc(OC(F)(F)F)cc1. The van der Waals surface area contributed by atoms with E-state index in [0.29, 0.717) is 11.1 Å². The first-order valence-corrected chi connectivity index (χ1v) is 8.12. The van der Waals surface area contributed by atoms with Gasteiger partial charge >= 0.3 is 6.36 Å². The molecule has 2 heterocycles. The zero-order valence-electron chi connectivity index (χ0n) is 13.9. The maximum atomic E-state index is 13.0. The molecule has 136 valence electrons. The van der Waals surface area contributed by atoms with Crippen LogP contribution in [0.15, 0.2) is 73.1 Å². The molecule has 1 unspecified atom stereocenters. The fourth-order valence-corrected chi connectivity index (χ4v) is 3.19. The zero-order chi connectivity index (χ0) is 19.0. The summed E-state index contributed by atoms with van der Waals surface area (Å²) in [6.07, 6.45) is -1.66. The molecule has 0 N–H and O–H groups in total. The topological polar surface area (TPSA) is 42.4 Å². The molecular formula is C20H13F3N2O2. The number of alkyl halides is 3. The second kappa shape index (κ2) is 6.42. The number of fused-ring (bicyclic) bond motifs is 1. The summed E-state index contributed by atoms with van der Waals surface area (Å²) >= 11 is 0. The Morgan fingerprint density at radius 1 is 0.963 bits per heavy atom. The fraction of sp³-hybridized carbons (Fsp3) is 0.100. The van der Waals surface area contributed by atoms with Gasteiger partial charge in [0.1, 0.15) is 5.75 Å². The number of hydrogen-bond donors (Lipinski definition) is 0. The highest BCUT2D eigenvalue weighted by Crippen LogP contribution is 2.47. The first kappa shape index (κ1) is 17.1. The molecule has 1 aliphatic rings. The first-order valence-electron chi connectivity index (χ1n) is 8.12. The lowest BCUT2D eigenvalue weighted by atomic mass is 9.87. The van der Waals surface area contributed by atoms with Crippen LogP contribution in [0.2, 0.25) is 0 Å². The Labute approximate surface area is 152 Å². The molecular weight excluding hydrogens is 357 g/mol. The Balaban J connectivity index is 1.67. The fourth-order valence-electron chi connectivity index (χ4n) is 3.19. The minimum Gasteiger partial charge on any atom is -0.406 e. The molecule has 0 radical (unpaired) electrons. The van der Waals surface area contributed by atoms with Gasteiger partial charge in [-0.1, -0.05) is 30.3 Å². The highest BCUT2D eigenvalue weighted by molar-refractivity contribution is 6.10. The molecule has 4 rings (SSSR count). The molecule has 0 saturated carbocycles. The maximum Gasteiger partial charge on any atom is 0.573 e. The third kappa shape index (κ3) is 3.23. The van der Waals surface area contributed by atoms with Crippen LogP contribution in [0.5, 0.6) is 5.75 Å². The molecule has 1 aliphatic heterocycles. The number of hydrogen-bond acceptors (Lipinski definition) is 3. The molecule has 1 amide bonds. The molecule has 3 aromatic rings. The Morgan fingerprint density at radius 3 is 2.30 bits per heavy atom. The van der Waals surface area contributed by atoms with E-state index in [9.17, 15) is 18.0 Å². The molecule has 0 bridgehead atoms. The highest BCUT2D eigenvalue weighted by Gasteiger charge is 2.40. The number of ether oxygens (including phenoxy) is 1. The molecule has 1 atom stereocenters. The van der Waals surface area contributed by atoms with Crippen molar-refractivity contribution in [2.75, 3.05) is 4.90 Å². The van der Waals surface area contributed by atoms with Gasteiger partial charge in [0.25, 0.3) is 5.91 Å². The average Bonchev–Trinajstić information content (AvgIpc) is 2.64. The van der Waals surface area contributed by atoms with Crippen LogP contribution < -0.4 is 9.64 Å². The van der Waals surface area contributed by atoms with Crippen LogP contribution in [-0.2, 0) is 0 Å². The Bertz CT molecular complexity index is 973. The van der Waals surface area contributed by atoms with Crippen molar-refractivity contribution in [1.29, 1.82) is 0 Å². The predicted molar refractivity (Wildman–Crippen MR) is 92.5 cm³/mol. The molecule has 0 spiro atoms. The number of pyridine rings is 1. The summed E-state index contributed by atoms with van der Waals surface area (Å²) in [6, 6.07) is 15.9. The van der Waals surface area contributed by atoms with Gasteiger partial charge in [-0.3, -0.25) is 14.7 Å². The smallest absolute Gasteiger partial charge is 0.406 e. The first-order chi connectivity index (χ1) is 12.9. The zero-order valence-corrected chi connectivity index (χ0v) is 13.9. The van der Waals surface area contributed by atoms with Crippen molar-refractivity contribution in [3.05, 3.63) is 89.7 Å². The van der Waals surface area contributed by atoms with Crippen LogP contribution in [0.1, 0.15) is 27.5 Å². The maximum absolute atomic E-state index is 13.0. The summed E-state index contributed by atoms with van der Waals surface area (Å²) in [7, 11) is 0. The van der Waals surface area contributed by atoms with E-state index in [1.165, 1.54) is 36.7 Å². The van der Waals surface area contributed by atoms with Crippen molar-refractivity contribution in [2.45, 2.75) is 12.4 Å². The number of halogens is 3. The number of nitrogens with zero attached hydrogens (tertiary/aromatic N) is 2. The van der Waals surface area contributed by atoms with Crippen molar-refractivity contribution in [2.24, 2.45) is 0 Å². The number of anilines is 1. The molecule has 27 heavy (non-hydrogen) atoms. The van der Waals surface area contributed by atoms with Gasteiger partial charge in [0.2, 0.25) is 0 Å². The van der Waals surface area contributed by atoms with Crippen molar-refractivity contribution in [3.63, 3.8) is 0 Å². The molecule has 4 nitrogen and oxygen atoms in total. The van der Waals surface area contributed by atoms with Crippen molar-refractivity contribution < 1.29 is 22.7 Å². The molecule has 0 aliphatic carbocycles. The van der Waals surface area contributed by atoms with E-state index in [1.807, 2.05) is 24.3 Å². The van der Waals surface area contributed by atoms with Gasteiger partial charge in [0.05, 0.1) is 11.7 Å². The number of benzene rings is 2. The summed E-state index contributed by atoms with van der Waals surface area (Å²) in [5, 5.41) is 0. The van der Waals surface area contributed by atoms with E-state index in [1.54, 1.807) is 17.0 Å². The van der Waals surface area contributed by atoms with E-state index < -0.39 is 6.36 Å². The van der Waals surface area contributed by atoms with Gasteiger partial charge in [-0.15, -0.1) is 13.2 Å². The Morgan fingerprint density at radius 2 is 1.63 bits per heavy atom. The van der Waals surface area contributed by atoms with Crippen molar-refractivity contribution >= 4 is 11.6 Å². The number of amides is 1. The van der Waals surface area contributed by atoms with E-state index in [4.69, 9.17) is 0 Å². The monoisotopic (exact) mass is 370 g/mol. The minimum atomic E-state index is -4.74. The van der Waals surface area contributed by atoms with Crippen LogP contribution in [0.3, 0.4) is 0 Å². The van der Waals surface area contributed by atoms with E-state index in [2.05, 4.69) is 9.72 Å². The molecule has 0 saturated heterocycles. The van der Waals surface area contributed by atoms with Crippen LogP contribution in [-0.4, -0.2) is 17.3 Å². The summed E-state index contributed by atoms with van der Waals surface area (Å²) in [5.41, 5.74) is 2.90. The summed E-state index contributed by atoms with van der Waals surface area (Å²) in [5.74, 6) is -0.498. The second-order valence-corrected chi connectivity index (χ2v) is 5.99. The lowest BCUT2D eigenvalue weighted by molar-refractivity contribution is -0.274. The number of para-hydroxylation sites is 1. The van der Waals surface area contributed by atoms with Crippen molar-refractivity contribution in [1.82, 2.24) is 4.98 Å². The number of rotatable bonds is 3. The van der Waals surface area contributed by atoms with Gasteiger partial charge in [-0.25, -0.2) is 0 Å². The van der Waals surface area contributed by atoms with E-state index in [0.717, 1.165) is 11.3 Å². The van der Waals surface area contributed by atoms with Gasteiger partial charge in [0, 0.05) is 23.5 Å². The molecule has 2 aromatic carbocycles. The number of carbonyl (C=O) groups is 1. The van der Waals surface area contributed by atoms with Gasteiger partial charge < -0.3 is 4.74 Å². The Kier molecular flexibility index (Phi) is 4.07. The average molecular weight is 370 g/mol. The predicted octanol–water partition coefficient (Wildman–Crippen LogP) is 4.73. The third-order valence-corrected chi connectivity index (χ3v) is 4.32. The largest absolute Gasteiger partial charge is 0.573 e. The summed E-state index contributed by atoms with van der Waals surface area (Å²) < 4.78 is 41.0. The highest BCUT2D eigenvalue weighted by atomic mass is 19.4. The lowest BCUT2D eigenvalue weighted by Gasteiger charge is -2.43. The number of carbonyl (C=O) groups excluding carboxylic acids is 1. The van der Waals surface area contributed by atoms with Crippen LogP contribution in [0.4, 0.5) is 18.9 Å². The molecule has 0 fully saturated rings. The van der Waals surface area contributed by atoms with Crippen LogP contribution in [0, 0.1) is 0 Å². The molecule has 1 aromatic heterocycles. The van der Waals surface area contributed by atoms with Crippen molar-refractivity contribution in [3.8, 4) is 5.75 Å². The second-order valence-electron chi connectivity index (χ2n) is 5.99. The summed E-state index contributed by atoms with van der Waals surface area (Å²) in [6.45, 7) is 0. The van der Waals surface area contributed by atoms with Crippen LogP contribution >= 0.6 is 0 Å². The standard InChI is InChI=1S/C20H13F3N2O2/c21-20(22,23)27-15-7-5-13(6-8-15)18-16-3-1-2-4-17(16)25(18)19(26)14-9-11-24-12-10-14/h1-12,18H. The van der Waals surface area contributed by atoms with Gasteiger partial charge in [-0.2, -0.15) is 0 Å². The Hall–Kier alpha value is -3.35. The third-order valence-electron chi connectivity index (χ3n) is 4.32. The lowest BCUT2D eigenvalue weighted by Crippen LogP contribution is -2.43.